The van der Waals surface area contributed by atoms with Crippen molar-refractivity contribution in [2.45, 2.75) is 45.3 Å². The van der Waals surface area contributed by atoms with Gasteiger partial charge < -0.3 is 9.64 Å². The van der Waals surface area contributed by atoms with E-state index in [1.165, 1.54) is 4.90 Å². The molecular weight excluding hydrogens is 282 g/mol. The predicted molar refractivity (Wildman–Crippen MR) is 81.4 cm³/mol. The molecule has 2 rings (SSSR count). The van der Waals surface area contributed by atoms with E-state index < -0.39 is 11.6 Å². The van der Waals surface area contributed by atoms with Crippen molar-refractivity contribution in [3.8, 4) is 0 Å². The van der Waals surface area contributed by atoms with Crippen LogP contribution in [0.15, 0.2) is 30.3 Å². The Hall–Kier alpha value is -2.17. The number of benzene rings is 1. The Morgan fingerprint density at radius 3 is 2.41 bits per heavy atom. The maximum atomic E-state index is 12.2. The second-order valence-corrected chi connectivity index (χ2v) is 6.46. The Morgan fingerprint density at radius 1 is 1.23 bits per heavy atom. The third-order valence-corrected chi connectivity index (χ3v) is 3.41. The number of ether oxygens (including phenoxy) is 1. The van der Waals surface area contributed by atoms with Gasteiger partial charge in [-0.1, -0.05) is 30.3 Å². The van der Waals surface area contributed by atoms with Gasteiger partial charge in [0, 0.05) is 24.4 Å². The number of hydrogen-bond donors (Lipinski definition) is 0. The number of ketones is 1. The zero-order valence-corrected chi connectivity index (χ0v) is 13.2. The molecule has 1 amide bonds. The van der Waals surface area contributed by atoms with E-state index >= 15 is 0 Å². The van der Waals surface area contributed by atoms with Crippen LogP contribution in [0.2, 0.25) is 0 Å². The molecule has 1 aromatic carbocycles. The highest BCUT2D eigenvalue weighted by Gasteiger charge is 2.39. The molecule has 0 radical (unpaired) electrons. The molecule has 1 atom stereocenters. The van der Waals surface area contributed by atoms with Crippen LogP contribution in [0.1, 0.15) is 44.0 Å². The van der Waals surface area contributed by atoms with Gasteiger partial charge in [0.2, 0.25) is 5.91 Å². The Balaban J connectivity index is 1.91. The number of β-lactam (4-membered cyclic amide) rings is 1. The van der Waals surface area contributed by atoms with Gasteiger partial charge in [0.25, 0.3) is 0 Å². The minimum Gasteiger partial charge on any atom is -0.459 e. The van der Waals surface area contributed by atoms with Gasteiger partial charge in [0.05, 0.1) is 0 Å². The first kappa shape index (κ1) is 16.2. The number of likely N-dealkylation sites (tertiary alicyclic amines) is 1. The standard InChI is InChI=1S/C17H21NO4/c1-17(2,3)22-16(21)11-18-13(10-15(18)20)9-14(19)12-7-5-4-6-8-12/h4-8,13H,9-11H2,1-3H3. The monoisotopic (exact) mass is 303 g/mol. The van der Waals surface area contributed by atoms with E-state index in [1.54, 1.807) is 45.0 Å². The van der Waals surface area contributed by atoms with Crippen LogP contribution in [0.25, 0.3) is 0 Å². The summed E-state index contributed by atoms with van der Waals surface area (Å²) in [6, 6.07) is 8.74. The van der Waals surface area contributed by atoms with Crippen LogP contribution in [-0.2, 0) is 14.3 Å². The lowest BCUT2D eigenvalue weighted by Gasteiger charge is -2.39. The van der Waals surface area contributed by atoms with Crippen molar-refractivity contribution < 1.29 is 19.1 Å². The summed E-state index contributed by atoms with van der Waals surface area (Å²) < 4.78 is 5.21. The summed E-state index contributed by atoms with van der Waals surface area (Å²) in [6.07, 6.45) is 0.542. The van der Waals surface area contributed by atoms with Crippen LogP contribution < -0.4 is 0 Å². The van der Waals surface area contributed by atoms with Crippen LogP contribution in [0.3, 0.4) is 0 Å². The van der Waals surface area contributed by atoms with Crippen LogP contribution in [0.4, 0.5) is 0 Å². The largest absolute Gasteiger partial charge is 0.459 e. The molecule has 0 aromatic heterocycles. The van der Waals surface area contributed by atoms with Crippen LogP contribution >= 0.6 is 0 Å². The summed E-state index contributed by atoms with van der Waals surface area (Å²) in [4.78, 5) is 37.1. The first-order valence-electron chi connectivity index (χ1n) is 7.36. The fourth-order valence-corrected chi connectivity index (χ4v) is 2.39. The normalized spacial score (nSPS) is 17.9. The maximum Gasteiger partial charge on any atom is 0.326 e. The molecular formula is C17H21NO4. The molecule has 22 heavy (non-hydrogen) atoms. The number of carbonyl (C=O) groups excluding carboxylic acids is 3. The van der Waals surface area contributed by atoms with Gasteiger partial charge in [-0.3, -0.25) is 14.4 Å². The van der Waals surface area contributed by atoms with E-state index in [0.29, 0.717) is 12.0 Å². The highest BCUT2D eigenvalue weighted by atomic mass is 16.6. The average Bonchev–Trinajstić information content (AvgIpc) is 2.43. The molecule has 0 saturated carbocycles. The Kier molecular flexibility index (Phi) is 4.64. The Bertz CT molecular complexity index is 574. The zero-order chi connectivity index (χ0) is 16.3. The van der Waals surface area contributed by atoms with Crippen LogP contribution in [0, 0.1) is 0 Å². The number of Topliss-reactive ketones (excluding diaryl/α,β-unsaturated/α-hetero) is 1. The van der Waals surface area contributed by atoms with Crippen molar-refractivity contribution in [1.29, 1.82) is 0 Å². The lowest BCUT2D eigenvalue weighted by atomic mass is 9.94. The Labute approximate surface area is 130 Å². The Morgan fingerprint density at radius 2 is 1.86 bits per heavy atom. The van der Waals surface area contributed by atoms with E-state index in [9.17, 15) is 14.4 Å². The maximum absolute atomic E-state index is 12.2. The lowest BCUT2D eigenvalue weighted by Crippen LogP contribution is -2.55. The van der Waals surface area contributed by atoms with Gasteiger partial charge in [0.15, 0.2) is 5.78 Å². The SMILES string of the molecule is CC(C)(C)OC(=O)CN1C(=O)CC1CC(=O)c1ccccc1. The number of hydrogen-bond acceptors (Lipinski definition) is 4. The number of nitrogens with zero attached hydrogens (tertiary/aromatic N) is 1. The first-order valence-corrected chi connectivity index (χ1v) is 7.36. The van der Waals surface area contributed by atoms with Gasteiger partial charge in [-0.25, -0.2) is 0 Å². The molecule has 1 aliphatic rings. The summed E-state index contributed by atoms with van der Waals surface area (Å²) >= 11 is 0. The summed E-state index contributed by atoms with van der Waals surface area (Å²) in [7, 11) is 0. The van der Waals surface area contributed by atoms with Crippen molar-refractivity contribution >= 4 is 17.7 Å². The molecule has 0 spiro atoms. The molecule has 1 saturated heterocycles. The van der Waals surface area contributed by atoms with Crippen molar-refractivity contribution in [2.24, 2.45) is 0 Å². The van der Waals surface area contributed by atoms with Gasteiger partial charge in [-0.15, -0.1) is 0 Å². The third-order valence-electron chi connectivity index (χ3n) is 3.41. The molecule has 0 N–H and O–H groups in total. The molecule has 0 aliphatic carbocycles. The van der Waals surface area contributed by atoms with Crippen LogP contribution in [0.5, 0.6) is 0 Å². The predicted octanol–water partition coefficient (Wildman–Crippen LogP) is 2.20. The molecule has 1 fully saturated rings. The molecule has 1 aliphatic heterocycles. The van der Waals surface area contributed by atoms with Gasteiger partial charge >= 0.3 is 5.97 Å². The molecule has 5 heteroatoms. The second kappa shape index (κ2) is 6.30. The number of esters is 1. The average molecular weight is 303 g/mol. The van der Waals surface area contributed by atoms with Gasteiger partial charge in [-0.05, 0) is 20.8 Å². The summed E-state index contributed by atoms with van der Waals surface area (Å²) in [5, 5.41) is 0. The molecule has 1 heterocycles. The fourth-order valence-electron chi connectivity index (χ4n) is 2.39. The molecule has 1 aromatic rings. The number of rotatable bonds is 5. The summed E-state index contributed by atoms with van der Waals surface area (Å²) in [6.45, 7) is 5.24. The highest BCUT2D eigenvalue weighted by molar-refractivity contribution is 5.98. The number of carbonyl (C=O) groups is 3. The van der Waals surface area contributed by atoms with E-state index in [4.69, 9.17) is 4.74 Å². The van der Waals surface area contributed by atoms with Crippen molar-refractivity contribution in [3.05, 3.63) is 35.9 Å². The lowest BCUT2D eigenvalue weighted by molar-refractivity contribution is -0.164. The quantitative estimate of drug-likeness (QED) is 0.475. The van der Waals surface area contributed by atoms with Crippen LogP contribution in [-0.4, -0.2) is 40.7 Å². The van der Waals surface area contributed by atoms with Crippen molar-refractivity contribution in [1.82, 2.24) is 4.90 Å². The highest BCUT2D eigenvalue weighted by Crippen LogP contribution is 2.24. The van der Waals surface area contributed by atoms with E-state index in [0.717, 1.165) is 0 Å². The third kappa shape index (κ3) is 4.16. The van der Waals surface area contributed by atoms with Gasteiger partial charge in [0.1, 0.15) is 12.1 Å². The number of amides is 1. The second-order valence-electron chi connectivity index (χ2n) is 6.46. The fraction of sp³-hybridized carbons (Fsp3) is 0.471. The first-order chi connectivity index (χ1) is 10.3. The molecule has 0 bridgehead atoms. The van der Waals surface area contributed by atoms with Crippen molar-refractivity contribution in [2.75, 3.05) is 6.54 Å². The molecule has 5 nitrogen and oxygen atoms in total. The topological polar surface area (TPSA) is 63.7 Å². The molecule has 1 unspecified atom stereocenters. The van der Waals surface area contributed by atoms with Crippen molar-refractivity contribution in [3.63, 3.8) is 0 Å². The van der Waals surface area contributed by atoms with E-state index in [1.807, 2.05) is 6.07 Å². The summed E-state index contributed by atoms with van der Waals surface area (Å²) in [5.74, 6) is -0.582. The smallest absolute Gasteiger partial charge is 0.326 e. The minimum atomic E-state index is -0.583. The van der Waals surface area contributed by atoms with Gasteiger partial charge in [-0.2, -0.15) is 0 Å². The zero-order valence-electron chi connectivity index (χ0n) is 13.2. The van der Waals surface area contributed by atoms with E-state index in [2.05, 4.69) is 0 Å². The minimum absolute atomic E-state index is 0.0210. The summed E-state index contributed by atoms with van der Waals surface area (Å²) in [5.41, 5.74) is 0.0412. The van der Waals surface area contributed by atoms with E-state index in [-0.39, 0.29) is 30.7 Å². The molecule has 118 valence electrons.